The summed E-state index contributed by atoms with van der Waals surface area (Å²) in [6.45, 7) is 0.878. The van der Waals surface area contributed by atoms with Gasteiger partial charge in [-0.1, -0.05) is 66.7 Å². The van der Waals surface area contributed by atoms with Gasteiger partial charge in [-0.05, 0) is 65.5 Å². The Morgan fingerprint density at radius 3 is 2.15 bits per heavy atom. The van der Waals surface area contributed by atoms with Crippen LogP contribution < -0.4 is 4.74 Å². The van der Waals surface area contributed by atoms with Gasteiger partial charge in [-0.15, -0.1) is 0 Å². The number of carbonyl (C=O) groups is 3. The highest BCUT2D eigenvalue weighted by Crippen LogP contribution is 2.36. The highest BCUT2D eigenvalue weighted by Gasteiger charge is 2.28. The number of aryl methyl sites for hydroxylation is 1. The minimum absolute atomic E-state index is 0.0418. The Labute approximate surface area is 229 Å². The smallest absolute Gasteiger partial charge is 0.303 e. The van der Waals surface area contributed by atoms with Crippen LogP contribution in [-0.2, 0) is 34.0 Å². The third-order valence-electron chi connectivity index (χ3n) is 7.20. The van der Waals surface area contributed by atoms with E-state index in [1.54, 1.807) is 4.90 Å². The molecule has 3 aromatic carbocycles. The van der Waals surface area contributed by atoms with Crippen molar-refractivity contribution in [2.24, 2.45) is 5.92 Å². The van der Waals surface area contributed by atoms with Gasteiger partial charge in [-0.25, -0.2) is 0 Å². The molecule has 0 saturated carbocycles. The molecule has 2 N–H and O–H groups in total. The standard InChI is InChI=1S/C32H35NO6/c34-30(33(20-23-8-3-1-4-9-23)21-25(16-31(35)36)17-32(37)38)19-27-13-7-12-26-18-28(14-15-29(26)27)39-22-24-10-5-2-6-11-24/h1-6,8-11,14-15,18,25,27H,7,12-13,16-17,19-22H2,(H,35,36)(H,37,38). The summed E-state index contributed by atoms with van der Waals surface area (Å²) in [6, 6.07) is 25.6. The van der Waals surface area contributed by atoms with Crippen molar-refractivity contribution in [3.05, 3.63) is 101 Å². The molecule has 0 radical (unpaired) electrons. The lowest BCUT2D eigenvalue weighted by Gasteiger charge is -2.31. The van der Waals surface area contributed by atoms with Gasteiger partial charge in [0.2, 0.25) is 5.91 Å². The number of ether oxygens (including phenoxy) is 1. The van der Waals surface area contributed by atoms with Crippen LogP contribution in [0.5, 0.6) is 5.75 Å². The molecular weight excluding hydrogens is 494 g/mol. The topological polar surface area (TPSA) is 104 Å². The molecule has 4 rings (SSSR count). The van der Waals surface area contributed by atoms with Crippen molar-refractivity contribution in [3.63, 3.8) is 0 Å². The highest BCUT2D eigenvalue weighted by molar-refractivity contribution is 5.78. The molecule has 7 nitrogen and oxygen atoms in total. The Bertz CT molecular complexity index is 1240. The van der Waals surface area contributed by atoms with Crippen LogP contribution in [0.1, 0.15) is 60.3 Å². The first-order valence-electron chi connectivity index (χ1n) is 13.4. The van der Waals surface area contributed by atoms with Gasteiger partial charge in [0.1, 0.15) is 12.4 Å². The molecule has 39 heavy (non-hydrogen) atoms. The molecule has 204 valence electrons. The number of hydrogen-bond donors (Lipinski definition) is 2. The van der Waals surface area contributed by atoms with Crippen molar-refractivity contribution in [1.29, 1.82) is 0 Å². The van der Waals surface area contributed by atoms with E-state index in [1.807, 2.05) is 66.7 Å². The predicted octanol–water partition coefficient (Wildman–Crippen LogP) is 5.67. The van der Waals surface area contributed by atoms with Crippen LogP contribution in [0.25, 0.3) is 0 Å². The summed E-state index contributed by atoms with van der Waals surface area (Å²) in [5.74, 6) is -2.06. The van der Waals surface area contributed by atoms with Crippen LogP contribution in [-0.4, -0.2) is 39.5 Å². The van der Waals surface area contributed by atoms with Gasteiger partial charge in [-0.2, -0.15) is 0 Å². The van der Waals surface area contributed by atoms with Gasteiger partial charge in [0.15, 0.2) is 0 Å². The van der Waals surface area contributed by atoms with Gasteiger partial charge in [0.05, 0.1) is 12.8 Å². The van der Waals surface area contributed by atoms with E-state index in [0.29, 0.717) is 13.2 Å². The molecule has 0 bridgehead atoms. The predicted molar refractivity (Wildman–Crippen MR) is 147 cm³/mol. The summed E-state index contributed by atoms with van der Waals surface area (Å²) in [5.41, 5.74) is 4.35. The van der Waals surface area contributed by atoms with E-state index in [4.69, 9.17) is 4.74 Å². The monoisotopic (exact) mass is 529 g/mol. The lowest BCUT2D eigenvalue weighted by molar-refractivity contribution is -0.143. The largest absolute Gasteiger partial charge is 0.489 e. The highest BCUT2D eigenvalue weighted by atomic mass is 16.5. The Morgan fingerprint density at radius 1 is 0.872 bits per heavy atom. The molecule has 0 saturated heterocycles. The first kappa shape index (κ1) is 27.9. The SMILES string of the molecule is O=C(O)CC(CC(=O)O)CN(Cc1ccccc1)C(=O)CC1CCCc2cc(OCc3ccccc3)ccc21. The number of carbonyl (C=O) groups excluding carboxylic acids is 1. The number of aliphatic carboxylic acids is 2. The van der Waals surface area contributed by atoms with E-state index < -0.39 is 17.9 Å². The number of hydrogen-bond acceptors (Lipinski definition) is 4. The molecule has 0 aliphatic heterocycles. The fraction of sp³-hybridized carbons (Fsp3) is 0.344. The van der Waals surface area contributed by atoms with Crippen LogP contribution >= 0.6 is 0 Å². The van der Waals surface area contributed by atoms with E-state index in [2.05, 4.69) is 12.1 Å². The lowest BCUT2D eigenvalue weighted by Crippen LogP contribution is -2.37. The fourth-order valence-electron chi connectivity index (χ4n) is 5.34. The maximum Gasteiger partial charge on any atom is 0.303 e. The summed E-state index contributed by atoms with van der Waals surface area (Å²) in [6.07, 6.45) is 2.46. The first-order valence-corrected chi connectivity index (χ1v) is 13.4. The Balaban J connectivity index is 1.48. The number of fused-ring (bicyclic) bond motifs is 1. The average Bonchev–Trinajstić information content (AvgIpc) is 2.92. The van der Waals surface area contributed by atoms with Crippen LogP contribution in [0.2, 0.25) is 0 Å². The normalized spacial score (nSPS) is 14.4. The Morgan fingerprint density at radius 2 is 1.51 bits per heavy atom. The van der Waals surface area contributed by atoms with E-state index >= 15 is 0 Å². The molecule has 0 heterocycles. The average molecular weight is 530 g/mol. The Hall–Kier alpha value is -4.13. The second-order valence-electron chi connectivity index (χ2n) is 10.2. The van der Waals surface area contributed by atoms with Crippen LogP contribution in [0.3, 0.4) is 0 Å². The number of rotatable bonds is 13. The number of carboxylic acid groups (broad SMARTS) is 2. The van der Waals surface area contributed by atoms with Crippen LogP contribution in [0, 0.1) is 5.92 Å². The van der Waals surface area contributed by atoms with Gasteiger partial charge < -0.3 is 19.8 Å². The molecular formula is C32H35NO6. The van der Waals surface area contributed by atoms with E-state index in [0.717, 1.165) is 41.7 Å². The van der Waals surface area contributed by atoms with Gasteiger partial charge in [-0.3, -0.25) is 14.4 Å². The van der Waals surface area contributed by atoms with Crippen molar-refractivity contribution in [2.75, 3.05) is 6.54 Å². The quantitative estimate of drug-likeness (QED) is 0.296. The minimum Gasteiger partial charge on any atom is -0.489 e. The van der Waals surface area contributed by atoms with Gasteiger partial charge >= 0.3 is 11.9 Å². The van der Waals surface area contributed by atoms with Crippen molar-refractivity contribution in [2.45, 2.75) is 57.6 Å². The first-order chi connectivity index (χ1) is 18.9. The molecule has 1 aliphatic carbocycles. The maximum atomic E-state index is 13.7. The van der Waals surface area contributed by atoms with E-state index in [9.17, 15) is 24.6 Å². The summed E-state index contributed by atoms with van der Waals surface area (Å²) in [7, 11) is 0. The maximum absolute atomic E-state index is 13.7. The van der Waals surface area contributed by atoms with E-state index in [1.165, 1.54) is 5.56 Å². The second-order valence-corrected chi connectivity index (χ2v) is 10.2. The minimum atomic E-state index is -1.07. The summed E-state index contributed by atoms with van der Waals surface area (Å²) in [4.78, 5) is 38.1. The molecule has 1 aliphatic rings. The number of carboxylic acids is 2. The van der Waals surface area contributed by atoms with Gasteiger partial charge in [0.25, 0.3) is 0 Å². The molecule has 0 fully saturated rings. The van der Waals surface area contributed by atoms with Crippen molar-refractivity contribution in [1.82, 2.24) is 4.90 Å². The zero-order chi connectivity index (χ0) is 27.6. The summed E-state index contributed by atoms with van der Waals surface area (Å²) < 4.78 is 6.02. The molecule has 1 unspecified atom stereocenters. The van der Waals surface area contributed by atoms with Crippen molar-refractivity contribution >= 4 is 17.8 Å². The zero-order valence-corrected chi connectivity index (χ0v) is 22.0. The summed E-state index contributed by atoms with van der Waals surface area (Å²) in [5, 5.41) is 18.7. The third-order valence-corrected chi connectivity index (χ3v) is 7.20. The number of nitrogens with zero attached hydrogens (tertiary/aromatic N) is 1. The van der Waals surface area contributed by atoms with Crippen molar-refractivity contribution < 1.29 is 29.3 Å². The molecule has 1 atom stereocenters. The molecule has 0 spiro atoms. The van der Waals surface area contributed by atoms with Crippen molar-refractivity contribution in [3.8, 4) is 5.75 Å². The fourth-order valence-corrected chi connectivity index (χ4v) is 5.34. The lowest BCUT2D eigenvalue weighted by atomic mass is 9.80. The zero-order valence-electron chi connectivity index (χ0n) is 22.0. The Kier molecular flexibility index (Phi) is 9.73. The number of amides is 1. The summed E-state index contributed by atoms with van der Waals surface area (Å²) >= 11 is 0. The second kappa shape index (κ2) is 13.6. The van der Waals surface area contributed by atoms with E-state index in [-0.39, 0.29) is 37.6 Å². The molecule has 1 amide bonds. The van der Waals surface area contributed by atoms with Crippen LogP contribution in [0.4, 0.5) is 0 Å². The van der Waals surface area contributed by atoms with Gasteiger partial charge in [0, 0.05) is 19.5 Å². The molecule has 3 aromatic rings. The third kappa shape index (κ3) is 8.43. The molecule has 0 aromatic heterocycles. The molecule has 7 heteroatoms. The van der Waals surface area contributed by atoms with Crippen LogP contribution in [0.15, 0.2) is 78.9 Å². The number of benzene rings is 3.